The van der Waals surface area contributed by atoms with Crippen molar-refractivity contribution >= 4 is 20.2 Å². The lowest BCUT2D eigenvalue weighted by Gasteiger charge is -2.20. The Bertz CT molecular complexity index is 276. The van der Waals surface area contributed by atoms with E-state index < -0.39 is 0 Å². The maximum Gasteiger partial charge on any atom is 0.0413 e. The Morgan fingerprint density at radius 1 is 1.23 bits per heavy atom. The quantitative estimate of drug-likeness (QED) is 0.715. The monoisotopic (exact) mass is 195 g/mol. The van der Waals surface area contributed by atoms with Crippen molar-refractivity contribution in [1.29, 1.82) is 0 Å². The van der Waals surface area contributed by atoms with E-state index >= 15 is 0 Å². The molecule has 0 aliphatic carbocycles. The van der Waals surface area contributed by atoms with E-state index in [0.717, 1.165) is 6.54 Å². The molecule has 1 unspecified atom stereocenters. The molecule has 0 spiro atoms. The fraction of sp³-hybridized carbons (Fsp3) is 0.455. The van der Waals surface area contributed by atoms with Crippen LogP contribution in [0.25, 0.3) is 0 Å². The molecule has 2 heteroatoms. The van der Waals surface area contributed by atoms with E-state index in [0.29, 0.717) is 5.41 Å². The predicted octanol–water partition coefficient (Wildman–Crippen LogP) is 2.65. The third kappa shape index (κ3) is 3.78. The van der Waals surface area contributed by atoms with Crippen molar-refractivity contribution in [3.8, 4) is 0 Å². The molecule has 1 aromatic rings. The molecular formula is C11H18NP. The fourth-order valence-electron chi connectivity index (χ4n) is 1.02. The Kier molecular flexibility index (Phi) is 3.33. The van der Waals surface area contributed by atoms with Gasteiger partial charge >= 0.3 is 0 Å². The minimum Gasteiger partial charge on any atom is -0.384 e. The summed E-state index contributed by atoms with van der Waals surface area (Å²) in [6.45, 7) is 7.68. The van der Waals surface area contributed by atoms with E-state index in [2.05, 4.69) is 53.5 Å². The lowest BCUT2D eigenvalue weighted by molar-refractivity contribution is 0.443. The molecule has 1 N–H and O–H groups in total. The molecule has 0 bridgehead atoms. The first-order valence-corrected chi connectivity index (χ1v) is 5.15. The molecule has 0 radical (unpaired) electrons. The molecule has 13 heavy (non-hydrogen) atoms. The number of hydrogen-bond donors (Lipinski definition) is 1. The van der Waals surface area contributed by atoms with Gasteiger partial charge in [-0.3, -0.25) is 0 Å². The normalized spacial score (nSPS) is 11.4. The van der Waals surface area contributed by atoms with Crippen molar-refractivity contribution in [1.82, 2.24) is 0 Å². The van der Waals surface area contributed by atoms with Crippen LogP contribution in [0, 0.1) is 5.41 Å². The third-order valence-electron chi connectivity index (χ3n) is 1.77. The highest BCUT2D eigenvalue weighted by atomic mass is 31.0. The number of hydrogen-bond acceptors (Lipinski definition) is 1. The van der Waals surface area contributed by atoms with Crippen LogP contribution in [0.5, 0.6) is 0 Å². The number of para-hydroxylation sites is 1. The van der Waals surface area contributed by atoms with Gasteiger partial charge in [-0.05, 0) is 16.8 Å². The summed E-state index contributed by atoms with van der Waals surface area (Å²) >= 11 is 0. The van der Waals surface area contributed by atoms with Crippen LogP contribution in [-0.2, 0) is 0 Å². The van der Waals surface area contributed by atoms with E-state index in [9.17, 15) is 0 Å². The van der Waals surface area contributed by atoms with Gasteiger partial charge in [0.1, 0.15) is 0 Å². The van der Waals surface area contributed by atoms with E-state index in [-0.39, 0.29) is 0 Å². The summed E-state index contributed by atoms with van der Waals surface area (Å²) in [5.74, 6) is 0. The number of rotatable bonds is 2. The summed E-state index contributed by atoms with van der Waals surface area (Å²) in [6.07, 6.45) is 0. The zero-order valence-corrected chi connectivity index (χ0v) is 9.75. The minimum atomic E-state index is 0.326. The van der Waals surface area contributed by atoms with Gasteiger partial charge in [0, 0.05) is 12.2 Å². The third-order valence-corrected chi connectivity index (χ3v) is 2.27. The molecule has 0 aliphatic heterocycles. The molecular weight excluding hydrogens is 177 g/mol. The maximum atomic E-state index is 3.43. The van der Waals surface area contributed by atoms with E-state index in [1.54, 1.807) is 0 Å². The highest BCUT2D eigenvalue weighted by Gasteiger charge is 2.09. The minimum absolute atomic E-state index is 0.326. The summed E-state index contributed by atoms with van der Waals surface area (Å²) < 4.78 is 0. The smallest absolute Gasteiger partial charge is 0.0413 e. The molecule has 1 nitrogen and oxygen atoms in total. The molecule has 0 aliphatic rings. The van der Waals surface area contributed by atoms with Gasteiger partial charge < -0.3 is 5.32 Å². The molecule has 0 saturated carbocycles. The molecule has 0 saturated heterocycles. The highest BCUT2D eigenvalue weighted by Crippen LogP contribution is 2.15. The Balaban J connectivity index is 2.60. The number of nitrogens with one attached hydrogen (secondary N) is 1. The van der Waals surface area contributed by atoms with Crippen molar-refractivity contribution < 1.29 is 0 Å². The average molecular weight is 195 g/mol. The van der Waals surface area contributed by atoms with Gasteiger partial charge in [-0.15, -0.1) is 9.24 Å². The summed E-state index contributed by atoms with van der Waals surface area (Å²) in [6, 6.07) is 8.30. The summed E-state index contributed by atoms with van der Waals surface area (Å²) in [5, 5.41) is 4.66. The average Bonchev–Trinajstić information content (AvgIpc) is 2.01. The van der Waals surface area contributed by atoms with Crippen molar-refractivity contribution in [2.75, 3.05) is 11.9 Å². The van der Waals surface area contributed by atoms with E-state index in [4.69, 9.17) is 0 Å². The Labute approximate surface area is 83.1 Å². The maximum absolute atomic E-state index is 3.43. The lowest BCUT2D eigenvalue weighted by atomic mass is 9.97. The molecule has 1 aromatic carbocycles. The van der Waals surface area contributed by atoms with E-state index in [1.165, 1.54) is 11.0 Å². The van der Waals surface area contributed by atoms with Crippen molar-refractivity contribution in [2.24, 2.45) is 5.41 Å². The van der Waals surface area contributed by atoms with Gasteiger partial charge in [0.2, 0.25) is 0 Å². The van der Waals surface area contributed by atoms with E-state index in [1.807, 2.05) is 6.07 Å². The zero-order chi connectivity index (χ0) is 9.90. The second kappa shape index (κ2) is 4.11. The van der Waals surface area contributed by atoms with Crippen LogP contribution in [0.1, 0.15) is 20.8 Å². The first-order valence-electron chi connectivity index (χ1n) is 4.57. The van der Waals surface area contributed by atoms with Crippen molar-refractivity contribution in [3.63, 3.8) is 0 Å². The Hall–Kier alpha value is -0.550. The molecule has 1 rings (SSSR count). The first-order chi connectivity index (χ1) is 5.99. The van der Waals surface area contributed by atoms with Crippen LogP contribution in [0.15, 0.2) is 24.3 Å². The van der Waals surface area contributed by atoms with Crippen LogP contribution >= 0.6 is 9.24 Å². The summed E-state index contributed by atoms with van der Waals surface area (Å²) in [4.78, 5) is 0. The van der Waals surface area contributed by atoms with Crippen LogP contribution in [0.3, 0.4) is 0 Å². The lowest BCUT2D eigenvalue weighted by Crippen LogP contribution is -2.20. The first kappa shape index (κ1) is 10.5. The fourth-order valence-corrected chi connectivity index (χ4v) is 1.33. The molecule has 0 fully saturated rings. The second-order valence-corrected chi connectivity index (χ2v) is 5.12. The number of benzene rings is 1. The van der Waals surface area contributed by atoms with Crippen molar-refractivity contribution in [3.05, 3.63) is 24.3 Å². The molecule has 72 valence electrons. The SMILES string of the molecule is CC(C)(C)CNc1ccccc1P. The number of anilines is 1. The highest BCUT2D eigenvalue weighted by molar-refractivity contribution is 7.28. The molecule has 0 heterocycles. The summed E-state index contributed by atoms with van der Waals surface area (Å²) in [7, 11) is 2.74. The van der Waals surface area contributed by atoms with Crippen LogP contribution in [-0.4, -0.2) is 6.54 Å². The Morgan fingerprint density at radius 3 is 2.38 bits per heavy atom. The molecule has 0 aromatic heterocycles. The van der Waals surface area contributed by atoms with Crippen LogP contribution in [0.4, 0.5) is 5.69 Å². The molecule has 1 atom stereocenters. The second-order valence-electron chi connectivity index (χ2n) is 4.50. The van der Waals surface area contributed by atoms with Gasteiger partial charge in [-0.25, -0.2) is 0 Å². The molecule has 0 amide bonds. The van der Waals surface area contributed by atoms with Gasteiger partial charge in [0.25, 0.3) is 0 Å². The predicted molar refractivity (Wildman–Crippen MR) is 63.7 cm³/mol. The Morgan fingerprint density at radius 2 is 1.85 bits per heavy atom. The van der Waals surface area contributed by atoms with Gasteiger partial charge in [0.15, 0.2) is 0 Å². The summed E-state index contributed by atoms with van der Waals surface area (Å²) in [5.41, 5.74) is 1.54. The zero-order valence-electron chi connectivity index (χ0n) is 8.59. The standard InChI is InChI=1S/C11H18NP/c1-11(2,3)8-12-9-6-4-5-7-10(9)13/h4-7,12H,8,13H2,1-3H3. The van der Waals surface area contributed by atoms with Crippen LogP contribution < -0.4 is 10.6 Å². The van der Waals surface area contributed by atoms with Crippen LogP contribution in [0.2, 0.25) is 0 Å². The topological polar surface area (TPSA) is 12.0 Å². The van der Waals surface area contributed by atoms with Gasteiger partial charge in [-0.1, -0.05) is 39.0 Å². The van der Waals surface area contributed by atoms with Gasteiger partial charge in [-0.2, -0.15) is 0 Å². The van der Waals surface area contributed by atoms with Crippen molar-refractivity contribution in [2.45, 2.75) is 20.8 Å². The van der Waals surface area contributed by atoms with Gasteiger partial charge in [0.05, 0.1) is 0 Å². The largest absolute Gasteiger partial charge is 0.384 e.